The summed E-state index contributed by atoms with van der Waals surface area (Å²) in [6, 6.07) is 7.38. The Morgan fingerprint density at radius 2 is 2.00 bits per heavy atom. The monoisotopic (exact) mass is 269 g/mol. The minimum absolute atomic E-state index is 0.0599. The lowest BCUT2D eigenvalue weighted by Gasteiger charge is -2.22. The number of carbonyl (C=O) groups is 1. The van der Waals surface area contributed by atoms with Gasteiger partial charge in [-0.15, -0.1) is 11.6 Å². The van der Waals surface area contributed by atoms with Crippen LogP contribution in [-0.4, -0.2) is 30.5 Å². The Labute approximate surface area is 114 Å². The topological polar surface area (TPSA) is 29.5 Å². The molecular formula is C14H20ClNO2. The second-order valence-electron chi connectivity index (χ2n) is 3.88. The number of alkyl halides is 1. The second kappa shape index (κ2) is 7.27. The average molecular weight is 270 g/mol. The minimum atomic E-state index is -0.648. The Bertz CT molecular complexity index is 391. The van der Waals surface area contributed by atoms with Gasteiger partial charge in [0.25, 0.3) is 0 Å². The van der Waals surface area contributed by atoms with E-state index < -0.39 is 5.38 Å². The highest BCUT2D eigenvalue weighted by Crippen LogP contribution is 2.26. The van der Waals surface area contributed by atoms with E-state index in [1.165, 1.54) is 0 Å². The number of hydrogen-bond acceptors (Lipinski definition) is 2. The molecule has 0 spiro atoms. The van der Waals surface area contributed by atoms with Gasteiger partial charge in [0, 0.05) is 13.1 Å². The zero-order valence-electron chi connectivity index (χ0n) is 11.1. The summed E-state index contributed by atoms with van der Waals surface area (Å²) in [7, 11) is 0. The maximum atomic E-state index is 12.1. The molecule has 0 bridgehead atoms. The number of ether oxygens (including phenoxy) is 1. The van der Waals surface area contributed by atoms with Crippen LogP contribution in [0.15, 0.2) is 24.3 Å². The van der Waals surface area contributed by atoms with Crippen LogP contribution in [0.5, 0.6) is 5.75 Å². The van der Waals surface area contributed by atoms with Crippen molar-refractivity contribution in [1.82, 2.24) is 4.90 Å². The molecule has 1 amide bonds. The molecule has 1 rings (SSSR count). The zero-order chi connectivity index (χ0) is 13.5. The molecular weight excluding hydrogens is 250 g/mol. The molecule has 0 saturated heterocycles. The van der Waals surface area contributed by atoms with Crippen molar-refractivity contribution in [1.29, 1.82) is 0 Å². The van der Waals surface area contributed by atoms with E-state index in [1.54, 1.807) is 4.90 Å². The van der Waals surface area contributed by atoms with Crippen molar-refractivity contribution in [2.75, 3.05) is 19.7 Å². The molecule has 1 aromatic rings. The fraction of sp³-hybridized carbons (Fsp3) is 0.500. The number of nitrogens with zero attached hydrogens (tertiary/aromatic N) is 1. The van der Waals surface area contributed by atoms with Crippen LogP contribution in [0, 0.1) is 0 Å². The van der Waals surface area contributed by atoms with E-state index in [-0.39, 0.29) is 5.91 Å². The number of hydrogen-bond donors (Lipinski definition) is 0. The molecule has 0 saturated carbocycles. The third-order valence-corrected chi connectivity index (χ3v) is 3.19. The highest BCUT2D eigenvalue weighted by atomic mass is 35.5. The lowest BCUT2D eigenvalue weighted by molar-refractivity contribution is -0.130. The smallest absolute Gasteiger partial charge is 0.245 e. The summed E-state index contributed by atoms with van der Waals surface area (Å²) in [4.78, 5) is 13.9. The van der Waals surface area contributed by atoms with E-state index in [4.69, 9.17) is 16.3 Å². The first-order chi connectivity index (χ1) is 8.63. The van der Waals surface area contributed by atoms with Crippen LogP contribution in [-0.2, 0) is 4.79 Å². The fourth-order valence-electron chi connectivity index (χ4n) is 1.77. The summed E-state index contributed by atoms with van der Waals surface area (Å²) in [6.45, 7) is 7.75. The summed E-state index contributed by atoms with van der Waals surface area (Å²) < 4.78 is 5.41. The lowest BCUT2D eigenvalue weighted by Crippen LogP contribution is -2.33. The Kier molecular flexibility index (Phi) is 5.99. The molecule has 0 N–H and O–H groups in total. The quantitative estimate of drug-likeness (QED) is 0.742. The van der Waals surface area contributed by atoms with Gasteiger partial charge in [-0.2, -0.15) is 0 Å². The van der Waals surface area contributed by atoms with E-state index in [2.05, 4.69) is 0 Å². The SMILES string of the molecule is CCOc1cccc(C(Cl)C(=O)N(CC)CC)c1. The van der Waals surface area contributed by atoms with Crippen LogP contribution in [0.4, 0.5) is 0 Å². The molecule has 0 aliphatic heterocycles. The maximum Gasteiger partial charge on any atom is 0.245 e. The van der Waals surface area contributed by atoms with Crippen molar-refractivity contribution in [3.8, 4) is 5.75 Å². The molecule has 0 radical (unpaired) electrons. The van der Waals surface area contributed by atoms with Gasteiger partial charge in [0.05, 0.1) is 6.61 Å². The van der Waals surface area contributed by atoms with Gasteiger partial charge < -0.3 is 9.64 Å². The van der Waals surface area contributed by atoms with E-state index in [0.29, 0.717) is 19.7 Å². The number of amides is 1. The first kappa shape index (κ1) is 14.8. The molecule has 3 nitrogen and oxygen atoms in total. The van der Waals surface area contributed by atoms with Crippen molar-refractivity contribution in [2.45, 2.75) is 26.1 Å². The van der Waals surface area contributed by atoms with Crippen LogP contribution in [0.1, 0.15) is 31.7 Å². The largest absolute Gasteiger partial charge is 0.494 e. The van der Waals surface area contributed by atoms with Gasteiger partial charge in [-0.3, -0.25) is 4.79 Å². The number of rotatable bonds is 6. The summed E-state index contributed by atoms with van der Waals surface area (Å²) in [6.07, 6.45) is 0. The molecule has 0 aromatic heterocycles. The first-order valence-corrected chi connectivity index (χ1v) is 6.73. The maximum absolute atomic E-state index is 12.1. The van der Waals surface area contributed by atoms with Gasteiger partial charge in [0.15, 0.2) is 0 Å². The molecule has 1 aromatic carbocycles. The highest BCUT2D eigenvalue weighted by Gasteiger charge is 2.22. The van der Waals surface area contributed by atoms with Crippen molar-refractivity contribution in [3.63, 3.8) is 0 Å². The van der Waals surface area contributed by atoms with E-state index in [9.17, 15) is 4.79 Å². The lowest BCUT2D eigenvalue weighted by atomic mass is 10.1. The first-order valence-electron chi connectivity index (χ1n) is 6.29. The van der Waals surface area contributed by atoms with Crippen LogP contribution in [0.25, 0.3) is 0 Å². The van der Waals surface area contributed by atoms with Crippen molar-refractivity contribution in [3.05, 3.63) is 29.8 Å². The van der Waals surface area contributed by atoms with E-state index in [0.717, 1.165) is 11.3 Å². The van der Waals surface area contributed by atoms with Crippen molar-refractivity contribution >= 4 is 17.5 Å². The normalized spacial score (nSPS) is 12.0. The minimum Gasteiger partial charge on any atom is -0.494 e. The predicted octanol–water partition coefficient (Wildman–Crippen LogP) is 3.23. The van der Waals surface area contributed by atoms with Gasteiger partial charge in [-0.05, 0) is 38.5 Å². The average Bonchev–Trinajstić information content (AvgIpc) is 2.40. The van der Waals surface area contributed by atoms with Crippen LogP contribution < -0.4 is 4.74 Å². The Balaban J connectivity index is 2.85. The Morgan fingerprint density at radius 1 is 1.33 bits per heavy atom. The summed E-state index contributed by atoms with van der Waals surface area (Å²) >= 11 is 6.23. The standard InChI is InChI=1S/C14H20ClNO2/c1-4-16(5-2)14(17)13(15)11-8-7-9-12(10-11)18-6-3/h7-10,13H,4-6H2,1-3H3. The molecule has 1 atom stereocenters. The molecule has 1 unspecified atom stereocenters. The van der Waals surface area contributed by atoms with Crippen molar-refractivity contribution < 1.29 is 9.53 Å². The Hall–Kier alpha value is -1.22. The van der Waals surface area contributed by atoms with E-state index >= 15 is 0 Å². The molecule has 0 fully saturated rings. The van der Waals surface area contributed by atoms with Gasteiger partial charge >= 0.3 is 0 Å². The zero-order valence-corrected chi connectivity index (χ0v) is 11.9. The van der Waals surface area contributed by atoms with Crippen molar-refractivity contribution in [2.24, 2.45) is 0 Å². The van der Waals surface area contributed by atoms with Gasteiger partial charge in [0.1, 0.15) is 11.1 Å². The molecule has 100 valence electrons. The van der Waals surface area contributed by atoms with Crippen LogP contribution in [0.2, 0.25) is 0 Å². The molecule has 0 aliphatic carbocycles. The molecule has 4 heteroatoms. The van der Waals surface area contributed by atoms with Crippen LogP contribution >= 0.6 is 11.6 Å². The number of halogens is 1. The summed E-state index contributed by atoms with van der Waals surface area (Å²) in [5, 5.41) is -0.648. The molecule has 0 aliphatic rings. The van der Waals surface area contributed by atoms with Crippen LogP contribution in [0.3, 0.4) is 0 Å². The van der Waals surface area contributed by atoms with Gasteiger partial charge in [-0.25, -0.2) is 0 Å². The second-order valence-corrected chi connectivity index (χ2v) is 4.32. The van der Waals surface area contributed by atoms with E-state index in [1.807, 2.05) is 45.0 Å². The molecule has 18 heavy (non-hydrogen) atoms. The Morgan fingerprint density at radius 3 is 2.56 bits per heavy atom. The number of benzene rings is 1. The molecule has 0 heterocycles. The fourth-order valence-corrected chi connectivity index (χ4v) is 2.04. The third-order valence-electron chi connectivity index (χ3n) is 2.75. The van der Waals surface area contributed by atoms with Gasteiger partial charge in [0.2, 0.25) is 5.91 Å². The number of likely N-dealkylation sites (N-methyl/N-ethyl adjacent to an activating group) is 1. The predicted molar refractivity (Wildman–Crippen MR) is 74.1 cm³/mol. The van der Waals surface area contributed by atoms with Gasteiger partial charge in [-0.1, -0.05) is 12.1 Å². The summed E-state index contributed by atoms with van der Waals surface area (Å²) in [5.41, 5.74) is 0.777. The number of carbonyl (C=O) groups excluding carboxylic acids is 1. The summed E-state index contributed by atoms with van der Waals surface area (Å²) in [5.74, 6) is 0.684. The highest BCUT2D eigenvalue weighted by molar-refractivity contribution is 6.30. The third kappa shape index (κ3) is 3.64.